The number of H-pyrrole nitrogens is 1. The summed E-state index contributed by atoms with van der Waals surface area (Å²) in [7, 11) is 1.70. The van der Waals surface area contributed by atoms with Crippen molar-refractivity contribution in [2.24, 2.45) is 7.05 Å². The highest BCUT2D eigenvalue weighted by molar-refractivity contribution is 5.80. The van der Waals surface area contributed by atoms with Crippen LogP contribution in [0.4, 0.5) is 0 Å². The molecule has 30 heavy (non-hydrogen) atoms. The average molecular weight is 415 g/mol. The zero-order valence-electron chi connectivity index (χ0n) is 17.6. The molecule has 162 valence electrons. The second-order valence-electron chi connectivity index (χ2n) is 7.31. The van der Waals surface area contributed by atoms with Crippen LogP contribution < -0.4 is 11.1 Å². The normalized spacial score (nSPS) is 15.1. The summed E-state index contributed by atoms with van der Waals surface area (Å²) in [5.41, 5.74) is 1.07. The fourth-order valence-corrected chi connectivity index (χ4v) is 3.59. The van der Waals surface area contributed by atoms with Crippen molar-refractivity contribution in [2.75, 3.05) is 39.5 Å². The molecule has 8 heteroatoms. The number of aromatic amines is 1. The summed E-state index contributed by atoms with van der Waals surface area (Å²) in [5.74, 6) is 0.550. The summed E-state index contributed by atoms with van der Waals surface area (Å²) in [6, 6.07) is 1.49. The van der Waals surface area contributed by atoms with Crippen molar-refractivity contribution in [3.05, 3.63) is 69.6 Å². The molecule has 0 amide bonds. The van der Waals surface area contributed by atoms with Crippen molar-refractivity contribution in [2.45, 2.75) is 19.4 Å². The summed E-state index contributed by atoms with van der Waals surface area (Å²) >= 11 is 0. The van der Waals surface area contributed by atoms with Crippen molar-refractivity contribution in [3.8, 4) is 0 Å². The van der Waals surface area contributed by atoms with Gasteiger partial charge >= 0.3 is 0 Å². The Balaban J connectivity index is 1.73. The van der Waals surface area contributed by atoms with Gasteiger partial charge in [-0.2, -0.15) is 0 Å². The molecule has 1 aliphatic rings. The number of hydrogen-bond donors (Lipinski definition) is 1. The van der Waals surface area contributed by atoms with Gasteiger partial charge in [0.05, 0.1) is 37.3 Å². The van der Waals surface area contributed by atoms with E-state index in [0.29, 0.717) is 42.7 Å². The van der Waals surface area contributed by atoms with Crippen LogP contribution in [0.25, 0.3) is 10.9 Å². The molecule has 0 aliphatic carbocycles. The summed E-state index contributed by atoms with van der Waals surface area (Å²) in [5, 5.41) is 3.69. The molecule has 2 aromatic rings. The zero-order chi connectivity index (χ0) is 21.5. The van der Waals surface area contributed by atoms with E-state index in [9.17, 15) is 9.59 Å². The lowest BCUT2D eigenvalue weighted by Crippen LogP contribution is -2.39. The van der Waals surface area contributed by atoms with Crippen LogP contribution in [0.2, 0.25) is 0 Å². The Hall–Kier alpha value is -2.84. The SMILES string of the molecule is C=C/C=C\C(=C)OCCCc1c2c(=O)n(CCN3CCOCC3)[nH]c2cc(=O)n1C. The van der Waals surface area contributed by atoms with Gasteiger partial charge in [0.1, 0.15) is 5.76 Å². The standard InChI is InChI=1S/C22H30N4O4/c1-4-5-7-17(2)30-13-6-8-19-21-18(16-20(27)24(19)3)23-26(22(21)28)10-9-25-11-14-29-15-12-25/h4-5,7,16,23H,1-2,6,8-15H2,3H3/b7-5-. The van der Waals surface area contributed by atoms with E-state index in [1.54, 1.807) is 34.5 Å². The maximum atomic E-state index is 13.1. The fraction of sp³-hybridized carbons (Fsp3) is 0.455. The van der Waals surface area contributed by atoms with Gasteiger partial charge in [-0.1, -0.05) is 25.3 Å². The highest BCUT2D eigenvalue weighted by atomic mass is 16.5. The van der Waals surface area contributed by atoms with Crippen LogP contribution in [0.15, 0.2) is 52.8 Å². The average Bonchev–Trinajstić information content (AvgIpc) is 3.06. The Labute approximate surface area is 175 Å². The van der Waals surface area contributed by atoms with E-state index >= 15 is 0 Å². The van der Waals surface area contributed by atoms with Crippen molar-refractivity contribution in [3.63, 3.8) is 0 Å². The van der Waals surface area contributed by atoms with E-state index in [0.717, 1.165) is 38.5 Å². The molecule has 0 aromatic carbocycles. The number of aromatic nitrogens is 3. The van der Waals surface area contributed by atoms with Gasteiger partial charge in [-0.15, -0.1) is 0 Å². The van der Waals surface area contributed by atoms with Gasteiger partial charge in [0, 0.05) is 38.4 Å². The van der Waals surface area contributed by atoms with Gasteiger partial charge in [0.25, 0.3) is 11.1 Å². The number of hydrogen-bond acceptors (Lipinski definition) is 5. The number of rotatable bonds is 10. The predicted octanol–water partition coefficient (Wildman–Crippen LogP) is 1.57. The van der Waals surface area contributed by atoms with Crippen LogP contribution in [0, 0.1) is 0 Å². The number of morpholine rings is 1. The molecule has 1 saturated heterocycles. The van der Waals surface area contributed by atoms with Gasteiger partial charge in [-0.25, -0.2) is 0 Å². The molecule has 2 aromatic heterocycles. The van der Waals surface area contributed by atoms with Gasteiger partial charge in [-0.05, 0) is 18.9 Å². The summed E-state index contributed by atoms with van der Waals surface area (Å²) in [6.45, 7) is 12.3. The number of fused-ring (bicyclic) bond motifs is 1. The Morgan fingerprint density at radius 2 is 2.07 bits per heavy atom. The quantitative estimate of drug-likeness (QED) is 0.363. The predicted molar refractivity (Wildman–Crippen MR) is 118 cm³/mol. The molecule has 0 atom stereocenters. The van der Waals surface area contributed by atoms with Crippen LogP contribution >= 0.6 is 0 Å². The Kier molecular flexibility index (Phi) is 7.48. The molecule has 1 fully saturated rings. The minimum absolute atomic E-state index is 0.0943. The topological polar surface area (TPSA) is 81.5 Å². The molecule has 0 bridgehead atoms. The van der Waals surface area contributed by atoms with Crippen LogP contribution in [0.3, 0.4) is 0 Å². The van der Waals surface area contributed by atoms with E-state index in [1.807, 2.05) is 0 Å². The van der Waals surface area contributed by atoms with Crippen LogP contribution in [-0.2, 0) is 29.5 Å². The van der Waals surface area contributed by atoms with Crippen molar-refractivity contribution >= 4 is 10.9 Å². The third-order valence-electron chi connectivity index (χ3n) is 5.28. The van der Waals surface area contributed by atoms with Gasteiger partial charge in [0.2, 0.25) is 0 Å². The molecule has 0 radical (unpaired) electrons. The monoisotopic (exact) mass is 414 g/mol. The lowest BCUT2D eigenvalue weighted by atomic mass is 10.1. The molecule has 3 rings (SSSR count). The second kappa shape index (κ2) is 10.3. The number of aryl methyl sites for hydroxylation is 1. The first kappa shape index (κ1) is 21.9. The van der Waals surface area contributed by atoms with Crippen LogP contribution in [0.1, 0.15) is 12.1 Å². The molecular weight excluding hydrogens is 384 g/mol. The van der Waals surface area contributed by atoms with E-state index in [1.165, 1.54) is 6.07 Å². The Morgan fingerprint density at radius 3 is 2.80 bits per heavy atom. The number of ether oxygens (including phenoxy) is 2. The third kappa shape index (κ3) is 5.20. The van der Waals surface area contributed by atoms with Crippen molar-refractivity contribution < 1.29 is 9.47 Å². The fourth-order valence-electron chi connectivity index (χ4n) is 3.59. The van der Waals surface area contributed by atoms with Gasteiger partial charge in [-0.3, -0.25) is 24.3 Å². The van der Waals surface area contributed by atoms with E-state index < -0.39 is 0 Å². The zero-order valence-corrected chi connectivity index (χ0v) is 17.6. The van der Waals surface area contributed by atoms with Crippen molar-refractivity contribution in [1.29, 1.82) is 0 Å². The number of nitrogens with one attached hydrogen (secondary N) is 1. The maximum absolute atomic E-state index is 13.1. The third-order valence-corrected chi connectivity index (χ3v) is 5.28. The molecule has 1 aliphatic heterocycles. The lowest BCUT2D eigenvalue weighted by molar-refractivity contribution is 0.0359. The molecular formula is C22H30N4O4. The maximum Gasteiger partial charge on any atom is 0.276 e. The number of allylic oxidation sites excluding steroid dienone is 3. The van der Waals surface area contributed by atoms with E-state index in [2.05, 4.69) is 23.2 Å². The molecule has 1 N–H and O–H groups in total. The highest BCUT2D eigenvalue weighted by Gasteiger charge is 2.16. The minimum Gasteiger partial charge on any atom is -0.494 e. The molecule has 8 nitrogen and oxygen atoms in total. The molecule has 0 unspecified atom stereocenters. The smallest absolute Gasteiger partial charge is 0.276 e. The number of pyridine rings is 1. The Morgan fingerprint density at radius 1 is 1.30 bits per heavy atom. The largest absolute Gasteiger partial charge is 0.494 e. The lowest BCUT2D eigenvalue weighted by Gasteiger charge is -2.26. The van der Waals surface area contributed by atoms with Gasteiger partial charge < -0.3 is 14.0 Å². The van der Waals surface area contributed by atoms with E-state index in [-0.39, 0.29) is 11.1 Å². The first-order chi connectivity index (χ1) is 14.5. The summed E-state index contributed by atoms with van der Waals surface area (Å²) < 4.78 is 14.1. The number of nitrogens with zero attached hydrogens (tertiary/aromatic N) is 3. The molecule has 0 spiro atoms. The molecule has 0 saturated carbocycles. The second-order valence-corrected chi connectivity index (χ2v) is 7.31. The van der Waals surface area contributed by atoms with Crippen molar-refractivity contribution in [1.82, 2.24) is 19.2 Å². The first-order valence-corrected chi connectivity index (χ1v) is 10.2. The summed E-state index contributed by atoms with van der Waals surface area (Å²) in [4.78, 5) is 27.7. The minimum atomic E-state index is -0.140. The Bertz CT molecular complexity index is 1040. The first-order valence-electron chi connectivity index (χ1n) is 10.2. The van der Waals surface area contributed by atoms with Gasteiger partial charge in [0.15, 0.2) is 0 Å². The van der Waals surface area contributed by atoms with Crippen LogP contribution in [0.5, 0.6) is 0 Å². The molecule has 3 heterocycles. The van der Waals surface area contributed by atoms with E-state index in [4.69, 9.17) is 9.47 Å². The van der Waals surface area contributed by atoms with Crippen LogP contribution in [-0.4, -0.2) is 58.7 Å². The summed E-state index contributed by atoms with van der Waals surface area (Å²) in [6.07, 6.45) is 6.36. The highest BCUT2D eigenvalue weighted by Crippen LogP contribution is 2.13.